The van der Waals surface area contributed by atoms with Crippen molar-refractivity contribution >= 4 is 5.91 Å². The summed E-state index contributed by atoms with van der Waals surface area (Å²) in [6, 6.07) is 10.7. The number of carbonyl (C=O) groups is 1. The van der Waals surface area contributed by atoms with Gasteiger partial charge < -0.3 is 9.42 Å². The molecule has 2 aliphatic rings. The van der Waals surface area contributed by atoms with E-state index in [2.05, 4.69) is 29.4 Å². The lowest BCUT2D eigenvalue weighted by Crippen LogP contribution is -2.38. The zero-order chi connectivity index (χ0) is 18.6. The number of hydrogen-bond donors (Lipinski definition) is 0. The number of benzene rings is 1. The molecule has 2 aliphatic carbocycles. The zero-order valence-corrected chi connectivity index (χ0v) is 16.3. The van der Waals surface area contributed by atoms with E-state index in [1.165, 1.54) is 56.9 Å². The lowest BCUT2D eigenvalue weighted by molar-refractivity contribution is 0.0686. The predicted octanol–water partition coefficient (Wildman–Crippen LogP) is 5.79. The first-order valence-electron chi connectivity index (χ1n) is 10.6. The average Bonchev–Trinajstić information content (AvgIpc) is 3.24. The summed E-state index contributed by atoms with van der Waals surface area (Å²) in [6.07, 6.45) is 12.5. The smallest absolute Gasteiger partial charge is 0.276 e. The van der Waals surface area contributed by atoms with Gasteiger partial charge in [-0.05, 0) is 37.2 Å². The predicted molar refractivity (Wildman–Crippen MR) is 107 cm³/mol. The Hall–Kier alpha value is -2.10. The van der Waals surface area contributed by atoms with Crippen LogP contribution < -0.4 is 0 Å². The second-order valence-electron chi connectivity index (χ2n) is 8.24. The van der Waals surface area contributed by atoms with E-state index in [0.29, 0.717) is 23.4 Å². The van der Waals surface area contributed by atoms with Crippen LogP contribution in [0.3, 0.4) is 0 Å². The first kappa shape index (κ1) is 18.3. The van der Waals surface area contributed by atoms with Gasteiger partial charge in [-0.15, -0.1) is 0 Å². The van der Waals surface area contributed by atoms with Crippen molar-refractivity contribution in [3.05, 3.63) is 41.6 Å². The largest absolute Gasteiger partial charge is 0.355 e. The van der Waals surface area contributed by atoms with Gasteiger partial charge in [0, 0.05) is 24.7 Å². The highest BCUT2D eigenvalue weighted by molar-refractivity contribution is 5.93. The van der Waals surface area contributed by atoms with Crippen LogP contribution in [0.2, 0.25) is 0 Å². The summed E-state index contributed by atoms with van der Waals surface area (Å²) in [4.78, 5) is 14.6. The van der Waals surface area contributed by atoms with Gasteiger partial charge >= 0.3 is 0 Å². The normalized spacial score (nSPS) is 19.1. The van der Waals surface area contributed by atoms with Crippen molar-refractivity contribution in [1.29, 1.82) is 0 Å². The second kappa shape index (κ2) is 8.28. The number of hydrogen-bond acceptors (Lipinski definition) is 3. The molecular formula is C23H30N2O2. The van der Waals surface area contributed by atoms with Gasteiger partial charge in [0.1, 0.15) is 0 Å². The molecule has 0 atom stereocenters. The fourth-order valence-corrected chi connectivity index (χ4v) is 4.68. The van der Waals surface area contributed by atoms with E-state index < -0.39 is 0 Å². The Morgan fingerprint density at radius 1 is 0.963 bits per heavy atom. The van der Waals surface area contributed by atoms with Crippen LogP contribution in [0.15, 0.2) is 34.9 Å². The average molecular weight is 367 g/mol. The first-order chi connectivity index (χ1) is 13.2. The van der Waals surface area contributed by atoms with E-state index in [0.717, 1.165) is 18.4 Å². The maximum atomic E-state index is 12.8. The molecule has 1 heterocycles. The van der Waals surface area contributed by atoms with Gasteiger partial charge in [-0.3, -0.25) is 4.79 Å². The molecule has 0 spiro atoms. The molecule has 1 aromatic carbocycles. The van der Waals surface area contributed by atoms with Crippen LogP contribution in [-0.4, -0.2) is 29.1 Å². The molecule has 27 heavy (non-hydrogen) atoms. The van der Waals surface area contributed by atoms with Gasteiger partial charge in [0.25, 0.3) is 5.91 Å². The number of rotatable bonds is 4. The molecule has 4 heteroatoms. The molecular weight excluding hydrogens is 336 g/mol. The zero-order valence-electron chi connectivity index (χ0n) is 16.3. The first-order valence-corrected chi connectivity index (χ1v) is 10.6. The lowest BCUT2D eigenvalue weighted by Gasteiger charge is -2.30. The van der Waals surface area contributed by atoms with Crippen molar-refractivity contribution in [2.24, 2.45) is 0 Å². The summed E-state index contributed by atoms with van der Waals surface area (Å²) in [7, 11) is 1.89. The summed E-state index contributed by atoms with van der Waals surface area (Å²) >= 11 is 0. The Bertz CT molecular complexity index is 753. The summed E-state index contributed by atoms with van der Waals surface area (Å²) in [6.45, 7) is 0. The van der Waals surface area contributed by atoms with Gasteiger partial charge in [0.2, 0.25) is 0 Å². The van der Waals surface area contributed by atoms with Crippen LogP contribution >= 0.6 is 0 Å². The summed E-state index contributed by atoms with van der Waals surface area (Å²) in [5.41, 5.74) is 2.82. The van der Waals surface area contributed by atoms with E-state index in [-0.39, 0.29) is 5.91 Å². The molecule has 1 aromatic heterocycles. The molecule has 144 valence electrons. The van der Waals surface area contributed by atoms with Gasteiger partial charge in [-0.2, -0.15) is 0 Å². The molecule has 1 amide bonds. The number of aromatic nitrogens is 1. The highest BCUT2D eigenvalue weighted by Crippen LogP contribution is 2.33. The molecule has 2 aromatic rings. The van der Waals surface area contributed by atoms with E-state index >= 15 is 0 Å². The molecule has 0 bridgehead atoms. The van der Waals surface area contributed by atoms with Crippen molar-refractivity contribution < 1.29 is 9.32 Å². The van der Waals surface area contributed by atoms with Gasteiger partial charge in [-0.25, -0.2) is 0 Å². The van der Waals surface area contributed by atoms with Crippen LogP contribution in [0.25, 0.3) is 11.3 Å². The molecule has 2 saturated carbocycles. The SMILES string of the molecule is CN(C(=O)c1cc(-c2ccc(C3CCCCC3)cc2)on1)C1CCCCC1. The monoisotopic (exact) mass is 366 g/mol. The van der Waals surface area contributed by atoms with Crippen LogP contribution in [-0.2, 0) is 0 Å². The van der Waals surface area contributed by atoms with Crippen LogP contribution in [0, 0.1) is 0 Å². The van der Waals surface area contributed by atoms with E-state index in [4.69, 9.17) is 4.52 Å². The minimum Gasteiger partial charge on any atom is -0.355 e. The molecule has 4 rings (SSSR count). The van der Waals surface area contributed by atoms with Crippen molar-refractivity contribution in [1.82, 2.24) is 10.1 Å². The third-order valence-electron chi connectivity index (χ3n) is 6.44. The van der Waals surface area contributed by atoms with Gasteiger partial charge in [-0.1, -0.05) is 67.9 Å². The Balaban J connectivity index is 1.44. The minimum atomic E-state index is -0.0317. The van der Waals surface area contributed by atoms with E-state index in [1.54, 1.807) is 6.07 Å². The quantitative estimate of drug-likeness (QED) is 0.687. The number of carbonyl (C=O) groups excluding carboxylic acids is 1. The number of nitrogens with zero attached hydrogens (tertiary/aromatic N) is 2. The van der Waals surface area contributed by atoms with E-state index in [1.807, 2.05) is 11.9 Å². The Kier molecular flexibility index (Phi) is 5.61. The molecule has 0 saturated heterocycles. The maximum absolute atomic E-state index is 12.8. The fraction of sp³-hybridized carbons (Fsp3) is 0.565. The Labute approximate surface area is 161 Å². The maximum Gasteiger partial charge on any atom is 0.276 e. The van der Waals surface area contributed by atoms with Crippen LogP contribution in [0.5, 0.6) is 0 Å². The summed E-state index contributed by atoms with van der Waals surface area (Å²) in [5.74, 6) is 1.34. The Morgan fingerprint density at radius 3 is 2.26 bits per heavy atom. The molecule has 0 unspecified atom stereocenters. The topological polar surface area (TPSA) is 46.3 Å². The van der Waals surface area contributed by atoms with E-state index in [9.17, 15) is 4.79 Å². The third kappa shape index (κ3) is 4.10. The third-order valence-corrected chi connectivity index (χ3v) is 6.44. The van der Waals surface area contributed by atoms with Crippen LogP contribution in [0.4, 0.5) is 0 Å². The van der Waals surface area contributed by atoms with Crippen LogP contribution in [0.1, 0.15) is 86.2 Å². The number of amides is 1. The van der Waals surface area contributed by atoms with Crippen molar-refractivity contribution in [2.75, 3.05) is 7.05 Å². The molecule has 0 radical (unpaired) electrons. The summed E-state index contributed by atoms with van der Waals surface area (Å²) in [5, 5.41) is 4.05. The standard InChI is InChI=1S/C23H30N2O2/c1-25(20-10-6-3-7-11-20)23(26)21-16-22(27-24-21)19-14-12-18(13-15-19)17-8-4-2-5-9-17/h12-17,20H,2-11H2,1H3. The van der Waals surface area contributed by atoms with Crippen molar-refractivity contribution in [2.45, 2.75) is 76.2 Å². The van der Waals surface area contributed by atoms with Crippen molar-refractivity contribution in [3.63, 3.8) is 0 Å². The van der Waals surface area contributed by atoms with Gasteiger partial charge in [0.05, 0.1) is 0 Å². The highest BCUT2D eigenvalue weighted by Gasteiger charge is 2.25. The molecule has 0 N–H and O–H groups in total. The molecule has 0 aliphatic heterocycles. The Morgan fingerprint density at radius 2 is 1.59 bits per heavy atom. The van der Waals surface area contributed by atoms with Gasteiger partial charge in [0.15, 0.2) is 11.5 Å². The highest BCUT2D eigenvalue weighted by atomic mass is 16.5. The lowest BCUT2D eigenvalue weighted by atomic mass is 9.84. The molecule has 2 fully saturated rings. The second-order valence-corrected chi connectivity index (χ2v) is 8.24. The fourth-order valence-electron chi connectivity index (χ4n) is 4.68. The minimum absolute atomic E-state index is 0.0317. The molecule has 4 nitrogen and oxygen atoms in total. The summed E-state index contributed by atoms with van der Waals surface area (Å²) < 4.78 is 5.50. The van der Waals surface area contributed by atoms with Crippen molar-refractivity contribution in [3.8, 4) is 11.3 Å².